The van der Waals surface area contributed by atoms with Crippen LogP contribution in [0.2, 0.25) is 0 Å². The van der Waals surface area contributed by atoms with Crippen molar-refractivity contribution in [2.45, 2.75) is 0 Å². The molecule has 3 heteroatoms. The van der Waals surface area contributed by atoms with E-state index in [1.807, 2.05) is 12.4 Å². The van der Waals surface area contributed by atoms with Crippen LogP contribution in [0.4, 0.5) is 0 Å². The van der Waals surface area contributed by atoms with Crippen LogP contribution in [-0.4, -0.2) is 14.0 Å². The maximum absolute atomic E-state index is 4.49. The molecular weight excluding hydrogens is 258 g/mol. The summed E-state index contributed by atoms with van der Waals surface area (Å²) >= 11 is 0. The van der Waals surface area contributed by atoms with Gasteiger partial charge >= 0.3 is 0 Å². The van der Waals surface area contributed by atoms with Crippen LogP contribution in [0.15, 0.2) is 61.1 Å². The fourth-order valence-corrected chi connectivity index (χ4v) is 3.46. The van der Waals surface area contributed by atoms with Crippen LogP contribution >= 0.6 is 0 Å². The van der Waals surface area contributed by atoms with Crippen molar-refractivity contribution < 1.29 is 0 Å². The Morgan fingerprint density at radius 3 is 2.57 bits per heavy atom. The van der Waals surface area contributed by atoms with Crippen molar-refractivity contribution in [3.05, 3.63) is 61.1 Å². The Morgan fingerprint density at radius 2 is 1.62 bits per heavy atom. The summed E-state index contributed by atoms with van der Waals surface area (Å²) in [6, 6.07) is 15.2. The van der Waals surface area contributed by atoms with Gasteiger partial charge < -0.3 is 8.97 Å². The van der Waals surface area contributed by atoms with Crippen molar-refractivity contribution in [1.82, 2.24) is 14.0 Å². The summed E-state index contributed by atoms with van der Waals surface area (Å²) in [5, 5.41) is 5.06. The number of rotatable bonds is 0. The Labute approximate surface area is 121 Å². The second-order valence-corrected chi connectivity index (χ2v) is 5.47. The number of hydrogen-bond donors (Lipinski definition) is 0. The number of aromatic nitrogens is 3. The number of aryl methyl sites for hydroxylation is 1. The minimum absolute atomic E-state index is 1.01. The van der Waals surface area contributed by atoms with E-state index < -0.39 is 0 Å². The first-order valence-electron chi connectivity index (χ1n) is 7.06. The molecule has 5 rings (SSSR count). The lowest BCUT2D eigenvalue weighted by Crippen LogP contribution is -1.90. The van der Waals surface area contributed by atoms with E-state index in [9.17, 15) is 0 Å². The molecule has 0 aliphatic carbocycles. The third kappa shape index (κ3) is 1.26. The van der Waals surface area contributed by atoms with Gasteiger partial charge in [0.25, 0.3) is 0 Å². The van der Waals surface area contributed by atoms with Crippen LogP contribution in [0, 0.1) is 0 Å². The van der Waals surface area contributed by atoms with Crippen LogP contribution in [0.3, 0.4) is 0 Å². The fourth-order valence-electron chi connectivity index (χ4n) is 3.46. The van der Waals surface area contributed by atoms with Gasteiger partial charge in [-0.25, -0.2) is 4.98 Å². The van der Waals surface area contributed by atoms with E-state index in [-0.39, 0.29) is 0 Å². The average Bonchev–Trinajstić information content (AvgIpc) is 3.11. The number of para-hydroxylation sites is 1. The Balaban J connectivity index is 2.14. The summed E-state index contributed by atoms with van der Waals surface area (Å²) in [6.07, 6.45) is 5.92. The second kappa shape index (κ2) is 3.64. The van der Waals surface area contributed by atoms with E-state index in [1.54, 1.807) is 0 Å². The highest BCUT2D eigenvalue weighted by Gasteiger charge is 2.12. The van der Waals surface area contributed by atoms with Crippen molar-refractivity contribution in [3.63, 3.8) is 0 Å². The molecular formula is C18H13N3. The predicted octanol–water partition coefficient (Wildman–Crippen LogP) is 4.13. The molecule has 3 heterocycles. The first-order chi connectivity index (χ1) is 10.3. The van der Waals surface area contributed by atoms with Gasteiger partial charge in [0, 0.05) is 52.7 Å². The number of pyridine rings is 1. The van der Waals surface area contributed by atoms with Crippen molar-refractivity contribution >= 4 is 38.2 Å². The third-order valence-corrected chi connectivity index (χ3v) is 4.42. The maximum Gasteiger partial charge on any atom is 0.144 e. The van der Waals surface area contributed by atoms with Gasteiger partial charge in [-0.2, -0.15) is 0 Å². The number of nitrogens with zero attached hydrogens (tertiary/aromatic N) is 3. The zero-order valence-electron chi connectivity index (χ0n) is 11.6. The summed E-state index contributed by atoms with van der Waals surface area (Å²) in [5.74, 6) is 0. The SMILES string of the molecule is Cn1c2ccccc2c2ccc3c(ccn4ccnc34)c21. The Bertz CT molecular complexity index is 1140. The Hall–Kier alpha value is -2.81. The lowest BCUT2D eigenvalue weighted by atomic mass is 10.1. The fraction of sp³-hybridized carbons (Fsp3) is 0.0556. The van der Waals surface area contributed by atoms with E-state index in [0.29, 0.717) is 0 Å². The normalized spacial score (nSPS) is 12.0. The van der Waals surface area contributed by atoms with Gasteiger partial charge in [0.15, 0.2) is 0 Å². The lowest BCUT2D eigenvalue weighted by Gasteiger charge is -2.05. The van der Waals surface area contributed by atoms with Crippen LogP contribution < -0.4 is 0 Å². The molecule has 0 atom stereocenters. The molecule has 0 aliphatic rings. The Morgan fingerprint density at radius 1 is 0.810 bits per heavy atom. The highest BCUT2D eigenvalue weighted by Crippen LogP contribution is 2.34. The van der Waals surface area contributed by atoms with Gasteiger partial charge in [-0.1, -0.05) is 24.3 Å². The highest BCUT2D eigenvalue weighted by molar-refractivity contribution is 6.19. The van der Waals surface area contributed by atoms with Crippen molar-refractivity contribution in [3.8, 4) is 0 Å². The molecule has 0 N–H and O–H groups in total. The monoisotopic (exact) mass is 271 g/mol. The topological polar surface area (TPSA) is 22.2 Å². The molecule has 5 aromatic rings. The molecule has 0 amide bonds. The molecule has 0 radical (unpaired) electrons. The molecule has 21 heavy (non-hydrogen) atoms. The molecule has 0 saturated heterocycles. The Kier molecular flexibility index (Phi) is 1.89. The second-order valence-electron chi connectivity index (χ2n) is 5.47. The largest absolute Gasteiger partial charge is 0.343 e. The van der Waals surface area contributed by atoms with Gasteiger partial charge in [0.05, 0.1) is 5.52 Å². The van der Waals surface area contributed by atoms with E-state index >= 15 is 0 Å². The standard InChI is InChI=1S/C18H13N3/c1-20-16-5-3-2-4-12(16)13-6-7-15-14(17(13)20)8-10-21-11-9-19-18(15)21/h2-11H,1H3. The summed E-state index contributed by atoms with van der Waals surface area (Å²) in [5.41, 5.74) is 3.56. The predicted molar refractivity (Wildman–Crippen MR) is 86.7 cm³/mol. The first kappa shape index (κ1) is 10.9. The zero-order valence-corrected chi connectivity index (χ0v) is 11.6. The molecule has 0 unspecified atom stereocenters. The van der Waals surface area contributed by atoms with Gasteiger partial charge in [0.2, 0.25) is 0 Å². The third-order valence-electron chi connectivity index (χ3n) is 4.42. The van der Waals surface area contributed by atoms with E-state index in [2.05, 4.69) is 69.7 Å². The van der Waals surface area contributed by atoms with Gasteiger partial charge in [-0.15, -0.1) is 0 Å². The molecule has 0 fully saturated rings. The molecule has 0 spiro atoms. The van der Waals surface area contributed by atoms with Gasteiger partial charge in [0.1, 0.15) is 5.65 Å². The van der Waals surface area contributed by atoms with E-state index in [1.165, 1.54) is 32.6 Å². The minimum Gasteiger partial charge on any atom is -0.343 e. The smallest absolute Gasteiger partial charge is 0.144 e. The van der Waals surface area contributed by atoms with Crippen LogP contribution in [0.25, 0.3) is 38.2 Å². The van der Waals surface area contributed by atoms with Crippen LogP contribution in [-0.2, 0) is 7.05 Å². The summed E-state index contributed by atoms with van der Waals surface area (Å²) < 4.78 is 4.35. The molecule has 3 nitrogen and oxygen atoms in total. The van der Waals surface area contributed by atoms with E-state index in [4.69, 9.17) is 0 Å². The van der Waals surface area contributed by atoms with Crippen molar-refractivity contribution in [2.75, 3.05) is 0 Å². The van der Waals surface area contributed by atoms with Crippen molar-refractivity contribution in [1.29, 1.82) is 0 Å². The lowest BCUT2D eigenvalue weighted by molar-refractivity contribution is 1.02. The van der Waals surface area contributed by atoms with Crippen LogP contribution in [0.1, 0.15) is 0 Å². The molecule has 0 saturated carbocycles. The molecule has 2 aromatic carbocycles. The van der Waals surface area contributed by atoms with E-state index in [0.717, 1.165) is 5.65 Å². The minimum atomic E-state index is 1.01. The maximum atomic E-state index is 4.49. The molecule has 100 valence electrons. The van der Waals surface area contributed by atoms with Gasteiger partial charge in [-0.05, 0) is 18.2 Å². The quantitative estimate of drug-likeness (QED) is 0.415. The number of hydrogen-bond acceptors (Lipinski definition) is 1. The number of imidazole rings is 1. The number of fused-ring (bicyclic) bond motifs is 7. The zero-order chi connectivity index (χ0) is 14.0. The average molecular weight is 271 g/mol. The first-order valence-corrected chi connectivity index (χ1v) is 7.06. The summed E-state index contributed by atoms with van der Waals surface area (Å²) in [7, 11) is 2.14. The molecule has 0 bridgehead atoms. The van der Waals surface area contributed by atoms with Gasteiger partial charge in [-0.3, -0.25) is 0 Å². The van der Waals surface area contributed by atoms with Crippen LogP contribution in [0.5, 0.6) is 0 Å². The molecule has 3 aromatic heterocycles. The highest BCUT2D eigenvalue weighted by atomic mass is 15.0. The number of benzene rings is 2. The van der Waals surface area contributed by atoms with Crippen molar-refractivity contribution in [2.24, 2.45) is 7.05 Å². The molecule has 0 aliphatic heterocycles. The summed E-state index contributed by atoms with van der Waals surface area (Å²) in [6.45, 7) is 0. The summed E-state index contributed by atoms with van der Waals surface area (Å²) in [4.78, 5) is 4.49.